The third-order valence-corrected chi connectivity index (χ3v) is 10.7. The Bertz CT molecular complexity index is 2160. The van der Waals surface area contributed by atoms with Gasteiger partial charge in [-0.05, 0) is 47.5 Å². The van der Waals surface area contributed by atoms with Gasteiger partial charge < -0.3 is 50.3 Å². The summed E-state index contributed by atoms with van der Waals surface area (Å²) < 4.78 is 11.6. The first-order valence-electron chi connectivity index (χ1n) is 17.5. The number of amides is 2. The second kappa shape index (κ2) is 17.9. The number of rotatable bonds is 16. The number of carboxylic acids is 2. The Morgan fingerprint density at radius 2 is 1.14 bits per heavy atom. The summed E-state index contributed by atoms with van der Waals surface area (Å²) in [7, 11) is 3.22. The zero-order valence-corrected chi connectivity index (χ0v) is 32.2. The number of hydrogen-bond donors (Lipinski definition) is 6. The molecule has 3 radical (unpaired) electrons. The number of carbonyl (C=O) groups excluding carboxylic acids is 2. The van der Waals surface area contributed by atoms with Gasteiger partial charge in [0.2, 0.25) is 0 Å². The molecule has 291 valence electrons. The highest BCUT2D eigenvalue weighted by molar-refractivity contribution is 6.39. The molecule has 1 unspecified atom stereocenters. The topological polar surface area (TPSA) is 198 Å². The SMILES string of the molecule is O=C(O)[C@@H](O)C([Si])CNCCN1C(=O)COc2cc(-c3cccc(-c4cccc(-c5ccc6c(c5)OCC(=O)N6CCNC[C@H](O)C(=O)O)c4Cl)c3Cl)ccc21. The number of aliphatic hydroxyl groups excluding tert-OH is 2. The number of carboxylic acid groups (broad SMARTS) is 2. The number of nitrogens with zero attached hydrogens (tertiary/aromatic N) is 2. The van der Waals surface area contributed by atoms with Gasteiger partial charge in [0.15, 0.2) is 25.4 Å². The molecule has 0 spiro atoms. The number of anilines is 2. The molecule has 17 heteroatoms. The van der Waals surface area contributed by atoms with Crippen LogP contribution in [0.2, 0.25) is 15.6 Å². The highest BCUT2D eigenvalue weighted by Crippen LogP contribution is 2.45. The monoisotopic (exact) mass is 819 g/mol. The summed E-state index contributed by atoms with van der Waals surface area (Å²) in [6, 6.07) is 22.1. The van der Waals surface area contributed by atoms with Crippen molar-refractivity contribution in [2.24, 2.45) is 0 Å². The van der Waals surface area contributed by atoms with Gasteiger partial charge in [0, 0.05) is 65.2 Å². The Balaban J connectivity index is 1.20. The summed E-state index contributed by atoms with van der Waals surface area (Å²) in [5.41, 5.74) is 4.68. The smallest absolute Gasteiger partial charge is 0.333 e. The molecular formula is C39H37Cl2N4O10Si. The Morgan fingerprint density at radius 3 is 1.59 bits per heavy atom. The van der Waals surface area contributed by atoms with Crippen LogP contribution in [-0.2, 0) is 19.2 Å². The number of ether oxygens (including phenoxy) is 2. The number of benzene rings is 4. The van der Waals surface area contributed by atoms with Gasteiger partial charge in [-0.3, -0.25) is 9.59 Å². The van der Waals surface area contributed by atoms with Crippen molar-refractivity contribution < 1.29 is 49.1 Å². The summed E-state index contributed by atoms with van der Waals surface area (Å²) >= 11 is 14.2. The molecule has 4 aromatic rings. The molecule has 0 aromatic heterocycles. The Morgan fingerprint density at radius 1 is 0.696 bits per heavy atom. The molecule has 4 aromatic carbocycles. The molecule has 2 aliphatic rings. The summed E-state index contributed by atoms with van der Waals surface area (Å²) in [4.78, 5) is 50.6. The van der Waals surface area contributed by atoms with E-state index in [9.17, 15) is 29.4 Å². The maximum absolute atomic E-state index is 12.8. The maximum Gasteiger partial charge on any atom is 0.333 e. The van der Waals surface area contributed by atoms with Gasteiger partial charge in [-0.2, -0.15) is 0 Å². The quantitative estimate of drug-likeness (QED) is 0.0713. The van der Waals surface area contributed by atoms with Gasteiger partial charge in [-0.15, -0.1) is 0 Å². The molecule has 56 heavy (non-hydrogen) atoms. The predicted molar refractivity (Wildman–Crippen MR) is 211 cm³/mol. The lowest BCUT2D eigenvalue weighted by atomic mass is 9.95. The molecule has 0 bridgehead atoms. The number of fused-ring (bicyclic) bond motifs is 2. The normalized spacial score (nSPS) is 15.3. The molecule has 3 atom stereocenters. The predicted octanol–water partition coefficient (Wildman–Crippen LogP) is 3.47. The molecule has 0 fully saturated rings. The van der Waals surface area contributed by atoms with E-state index in [1.165, 1.54) is 0 Å². The number of hydrogen-bond acceptors (Lipinski definition) is 10. The molecule has 6 N–H and O–H groups in total. The van der Waals surface area contributed by atoms with Gasteiger partial charge >= 0.3 is 11.9 Å². The van der Waals surface area contributed by atoms with Gasteiger partial charge in [0.25, 0.3) is 11.8 Å². The van der Waals surface area contributed by atoms with Crippen molar-refractivity contribution in [2.45, 2.75) is 17.7 Å². The minimum Gasteiger partial charge on any atom is -0.482 e. The molecule has 2 aliphatic heterocycles. The van der Waals surface area contributed by atoms with E-state index >= 15 is 0 Å². The average Bonchev–Trinajstić information content (AvgIpc) is 3.18. The highest BCUT2D eigenvalue weighted by atomic mass is 35.5. The molecule has 6 rings (SSSR count). The second-order valence-electron chi connectivity index (χ2n) is 13.0. The average molecular weight is 821 g/mol. The van der Waals surface area contributed by atoms with E-state index in [4.69, 9.17) is 42.9 Å². The lowest BCUT2D eigenvalue weighted by Crippen LogP contribution is -2.44. The fourth-order valence-corrected chi connectivity index (χ4v) is 7.37. The summed E-state index contributed by atoms with van der Waals surface area (Å²) in [6.45, 7) is 0.787. The van der Waals surface area contributed by atoms with E-state index < -0.39 is 29.7 Å². The first kappa shape index (κ1) is 40.7. The van der Waals surface area contributed by atoms with Crippen molar-refractivity contribution in [3.8, 4) is 44.9 Å². The maximum atomic E-state index is 12.8. The van der Waals surface area contributed by atoms with Gasteiger partial charge in [0.05, 0.1) is 21.4 Å². The van der Waals surface area contributed by atoms with Crippen molar-refractivity contribution in [3.05, 3.63) is 82.8 Å². The van der Waals surface area contributed by atoms with Gasteiger partial charge in [-0.25, -0.2) is 9.59 Å². The molecule has 2 amide bonds. The molecular weight excluding hydrogens is 783 g/mol. The molecule has 0 saturated heterocycles. The lowest BCUT2D eigenvalue weighted by Gasteiger charge is -2.30. The zero-order valence-electron chi connectivity index (χ0n) is 29.7. The third kappa shape index (κ3) is 8.84. The highest BCUT2D eigenvalue weighted by Gasteiger charge is 2.28. The largest absolute Gasteiger partial charge is 0.482 e. The Kier molecular flexibility index (Phi) is 13.0. The Labute approximate surface area is 335 Å². The van der Waals surface area contributed by atoms with Crippen LogP contribution in [0, 0.1) is 0 Å². The summed E-state index contributed by atoms with van der Waals surface area (Å²) in [5, 5.41) is 43.9. The van der Waals surface area contributed by atoms with Crippen LogP contribution in [0.1, 0.15) is 0 Å². The number of nitrogens with one attached hydrogen (secondary N) is 2. The summed E-state index contributed by atoms with van der Waals surface area (Å²) in [6.07, 6.45) is -3.12. The molecule has 0 saturated carbocycles. The van der Waals surface area contributed by atoms with E-state index in [1.807, 2.05) is 54.6 Å². The van der Waals surface area contributed by atoms with Gasteiger partial charge in [-0.1, -0.05) is 71.7 Å². The first-order valence-corrected chi connectivity index (χ1v) is 18.9. The lowest BCUT2D eigenvalue weighted by molar-refractivity contribution is -0.147. The van der Waals surface area contributed by atoms with E-state index in [0.29, 0.717) is 61.7 Å². The second-order valence-corrected chi connectivity index (χ2v) is 14.5. The van der Waals surface area contributed by atoms with Crippen molar-refractivity contribution in [2.75, 3.05) is 62.3 Å². The van der Waals surface area contributed by atoms with Crippen molar-refractivity contribution in [1.29, 1.82) is 0 Å². The minimum absolute atomic E-state index is 0.157. The number of aliphatic carboxylic acids is 2. The van der Waals surface area contributed by atoms with Crippen LogP contribution < -0.4 is 29.9 Å². The standard InChI is InChI=1S/C39H37Cl2N4O10Si/c40-35-23(21-7-9-27-30(15-21)54-19-33(47)44(27)13-11-42-17-29(46)38(50)51)3-1-5-25(35)26-6-2-4-24(36(26)41)22-8-10-28-31(16-22)55-20-34(48)45(28)14-12-43-18-32(56)37(49)39(52)53/h1-10,15-16,29,32,37,42-43,46,49H,11-14,17-20H2,(H,50,51)(H,52,53)/t29-,32?,37-/m0/s1. The van der Waals surface area contributed by atoms with Crippen molar-refractivity contribution in [3.63, 3.8) is 0 Å². The number of halogens is 2. The van der Waals surface area contributed by atoms with Crippen LogP contribution in [0.25, 0.3) is 33.4 Å². The van der Waals surface area contributed by atoms with E-state index in [1.54, 1.807) is 28.0 Å². The third-order valence-electron chi connectivity index (χ3n) is 9.36. The zero-order chi connectivity index (χ0) is 40.1. The van der Waals surface area contributed by atoms with Gasteiger partial charge in [0.1, 0.15) is 11.5 Å². The van der Waals surface area contributed by atoms with E-state index in [0.717, 1.165) is 11.1 Å². The fraction of sp³-hybridized carbons (Fsp3) is 0.282. The van der Waals surface area contributed by atoms with Crippen LogP contribution in [-0.4, -0.2) is 119 Å². The number of aliphatic hydroxyl groups is 2. The molecule has 14 nitrogen and oxygen atoms in total. The van der Waals surface area contributed by atoms with E-state index in [-0.39, 0.29) is 57.8 Å². The van der Waals surface area contributed by atoms with E-state index in [2.05, 4.69) is 20.9 Å². The van der Waals surface area contributed by atoms with Crippen molar-refractivity contribution in [1.82, 2.24) is 10.6 Å². The summed E-state index contributed by atoms with van der Waals surface area (Å²) in [5.74, 6) is -2.19. The van der Waals surface area contributed by atoms with Crippen molar-refractivity contribution >= 4 is 68.6 Å². The molecule has 2 heterocycles. The van der Waals surface area contributed by atoms with Crippen LogP contribution in [0.4, 0.5) is 11.4 Å². The fourth-order valence-electron chi connectivity index (χ4n) is 6.41. The minimum atomic E-state index is -1.57. The van der Waals surface area contributed by atoms with Crippen LogP contribution in [0.3, 0.4) is 0 Å². The van der Waals surface area contributed by atoms with Crippen LogP contribution in [0.5, 0.6) is 11.5 Å². The van der Waals surface area contributed by atoms with Crippen LogP contribution >= 0.6 is 23.2 Å². The molecule has 0 aliphatic carbocycles. The first-order chi connectivity index (χ1) is 26.8. The van der Waals surface area contributed by atoms with Crippen LogP contribution in [0.15, 0.2) is 72.8 Å². The number of carbonyl (C=O) groups is 4. The Hall–Kier alpha value is -5.00.